The fraction of sp³-hybridized carbons (Fsp3) is 0.500. The van der Waals surface area contributed by atoms with E-state index in [1.54, 1.807) is 36.7 Å². The molecule has 4 aliphatic rings. The van der Waals surface area contributed by atoms with E-state index in [1.165, 1.54) is 17.3 Å². The largest absolute Gasteiger partial charge is 0.465 e. The van der Waals surface area contributed by atoms with Gasteiger partial charge in [0.25, 0.3) is 5.91 Å². The van der Waals surface area contributed by atoms with Gasteiger partial charge >= 0.3 is 12.3 Å². The molecule has 8 nitrogen and oxygen atoms in total. The summed E-state index contributed by atoms with van der Waals surface area (Å²) < 4.78 is 72.8. The number of fused-ring (bicyclic) bond motifs is 1. The summed E-state index contributed by atoms with van der Waals surface area (Å²) in [5, 5.41) is 18.2. The monoisotopic (exact) mass is 629 g/mol. The van der Waals surface area contributed by atoms with E-state index >= 15 is 0 Å². The second-order valence-corrected chi connectivity index (χ2v) is 13.7. The Morgan fingerprint density at radius 2 is 1.80 bits per heavy atom. The number of carboxylic acid groups (broad SMARTS) is 1. The Balaban J connectivity index is 1.23. The number of aromatic nitrogens is 3. The van der Waals surface area contributed by atoms with Gasteiger partial charge in [0.1, 0.15) is 12.2 Å². The number of carbonyl (C=O) groups is 2. The van der Waals surface area contributed by atoms with Crippen LogP contribution in [0.4, 0.5) is 32.4 Å². The smallest absolute Gasteiger partial charge is 0.416 e. The average Bonchev–Trinajstić information content (AvgIpc) is 3.49. The third-order valence-corrected chi connectivity index (χ3v) is 10.5. The molecule has 2 aromatic carbocycles. The molecule has 0 atom stereocenters. The van der Waals surface area contributed by atoms with E-state index in [2.05, 4.69) is 10.2 Å². The van der Waals surface area contributed by atoms with E-state index in [1.807, 2.05) is 6.07 Å². The first kappa shape index (κ1) is 29.7. The van der Waals surface area contributed by atoms with Gasteiger partial charge in [0.2, 0.25) is 5.92 Å². The van der Waals surface area contributed by atoms with Crippen molar-refractivity contribution in [3.8, 4) is 0 Å². The number of halogens is 5. The van der Waals surface area contributed by atoms with Gasteiger partial charge in [-0.15, -0.1) is 10.2 Å². The van der Waals surface area contributed by atoms with Crippen LogP contribution in [0.25, 0.3) is 0 Å². The summed E-state index contributed by atoms with van der Waals surface area (Å²) in [5.74, 6) is -2.72. The molecule has 7 rings (SSSR count). The zero-order chi connectivity index (χ0) is 32.2. The number of rotatable bonds is 6. The molecule has 13 heteroatoms. The molecule has 2 amide bonds. The summed E-state index contributed by atoms with van der Waals surface area (Å²) in [6, 6.07) is 9.24. The number of amides is 2. The molecule has 0 saturated heterocycles. The molecule has 1 aromatic heterocycles. The maximum atomic E-state index is 14.4. The van der Waals surface area contributed by atoms with E-state index in [0.717, 1.165) is 23.0 Å². The Morgan fingerprint density at radius 3 is 2.36 bits per heavy atom. The predicted octanol–water partition coefficient (Wildman–Crippen LogP) is 6.91. The molecule has 1 aliphatic heterocycles. The van der Waals surface area contributed by atoms with Crippen molar-refractivity contribution in [2.24, 2.45) is 12.5 Å². The van der Waals surface area contributed by atoms with Crippen LogP contribution in [0.5, 0.6) is 0 Å². The summed E-state index contributed by atoms with van der Waals surface area (Å²) in [5.41, 5.74) is -1.99. The average molecular weight is 630 g/mol. The van der Waals surface area contributed by atoms with Crippen LogP contribution in [0.1, 0.15) is 90.3 Å². The minimum Gasteiger partial charge on any atom is -0.465 e. The zero-order valence-electron chi connectivity index (χ0n) is 24.8. The first-order chi connectivity index (χ1) is 21.0. The molecule has 1 spiro atoms. The fourth-order valence-corrected chi connectivity index (χ4v) is 8.35. The summed E-state index contributed by atoms with van der Waals surface area (Å²) in [4.78, 5) is 28.3. The standard InChI is InChI=1S/C32H32F5N5O3/c1-28(7-4-8-28)42(27(44)45)12-19-9-22-23(24(10-19)32(35,36)37)13-41(25(22)43)21-6-3-5-20(11-21)30(26-39-38-18-40(26)2)14-29(15-30)16-31(33,34)17-29/h3,5-6,9-11,18H,4,7-8,12-17H2,1-2H3,(H,44,45). The van der Waals surface area contributed by atoms with Crippen molar-refractivity contribution in [1.29, 1.82) is 0 Å². The molecule has 3 aromatic rings. The highest BCUT2D eigenvalue weighted by atomic mass is 19.4. The lowest BCUT2D eigenvalue weighted by molar-refractivity contribution is -0.209. The Hall–Kier alpha value is -4.03. The SMILES string of the molecule is Cn1cnnc1C1(c2cccc(N3Cc4c(cc(CN(C(=O)O)C5(C)CCC5)cc4C(F)(F)F)C3=O)c2)CC2(CC(F)(F)C2)C1. The van der Waals surface area contributed by atoms with E-state index in [0.29, 0.717) is 37.2 Å². The van der Waals surface area contributed by atoms with Crippen LogP contribution in [0.2, 0.25) is 0 Å². The number of hydrogen-bond donors (Lipinski definition) is 1. The topological polar surface area (TPSA) is 91.6 Å². The van der Waals surface area contributed by atoms with Crippen molar-refractivity contribution in [3.05, 3.63) is 76.4 Å². The van der Waals surface area contributed by atoms with Crippen LogP contribution in [-0.4, -0.2) is 48.2 Å². The van der Waals surface area contributed by atoms with E-state index < -0.39 is 46.0 Å². The maximum absolute atomic E-state index is 14.4. The number of carbonyl (C=O) groups excluding carboxylic acids is 1. The van der Waals surface area contributed by atoms with Gasteiger partial charge < -0.3 is 14.6 Å². The van der Waals surface area contributed by atoms with Gasteiger partial charge in [-0.3, -0.25) is 9.69 Å². The number of benzene rings is 2. The number of hydrogen-bond acceptors (Lipinski definition) is 4. The van der Waals surface area contributed by atoms with Gasteiger partial charge in [-0.25, -0.2) is 13.6 Å². The van der Waals surface area contributed by atoms with Crippen molar-refractivity contribution in [2.75, 3.05) is 4.90 Å². The van der Waals surface area contributed by atoms with Crippen molar-refractivity contribution in [3.63, 3.8) is 0 Å². The van der Waals surface area contributed by atoms with Gasteiger partial charge in [-0.2, -0.15) is 13.2 Å². The lowest BCUT2D eigenvalue weighted by atomic mass is 9.42. The highest BCUT2D eigenvalue weighted by molar-refractivity contribution is 6.10. The molecule has 0 bridgehead atoms. The van der Waals surface area contributed by atoms with E-state index in [9.17, 15) is 36.6 Å². The molecule has 3 fully saturated rings. The first-order valence-corrected chi connectivity index (χ1v) is 14.9. The van der Waals surface area contributed by atoms with Gasteiger partial charge in [-0.1, -0.05) is 12.1 Å². The van der Waals surface area contributed by atoms with Crippen LogP contribution >= 0.6 is 0 Å². The minimum atomic E-state index is -4.77. The third-order valence-electron chi connectivity index (χ3n) is 10.5. The molecule has 0 unspecified atom stereocenters. The third kappa shape index (κ3) is 4.60. The van der Waals surface area contributed by atoms with Crippen molar-refractivity contribution >= 4 is 17.7 Å². The predicted molar refractivity (Wildman–Crippen MR) is 152 cm³/mol. The molecule has 1 N–H and O–H groups in total. The van der Waals surface area contributed by atoms with E-state index in [-0.39, 0.29) is 42.6 Å². The molecular weight excluding hydrogens is 597 g/mol. The highest BCUT2D eigenvalue weighted by Gasteiger charge is 2.68. The summed E-state index contributed by atoms with van der Waals surface area (Å²) in [6.45, 7) is 1.18. The highest BCUT2D eigenvalue weighted by Crippen LogP contribution is 2.70. The van der Waals surface area contributed by atoms with Crippen LogP contribution in [-0.2, 0) is 31.7 Å². The number of nitrogens with zero attached hydrogens (tertiary/aromatic N) is 5. The van der Waals surface area contributed by atoms with Crippen molar-refractivity contribution in [1.82, 2.24) is 19.7 Å². The first-order valence-electron chi connectivity index (χ1n) is 14.9. The summed E-state index contributed by atoms with van der Waals surface area (Å²) in [6.07, 6.45) is -1.99. The molecule has 2 heterocycles. The normalized spacial score (nSPS) is 21.9. The number of anilines is 1. The lowest BCUT2D eigenvalue weighted by Crippen LogP contribution is -2.61. The van der Waals surface area contributed by atoms with Gasteiger partial charge in [0.05, 0.1) is 17.5 Å². The zero-order valence-corrected chi connectivity index (χ0v) is 24.8. The quantitative estimate of drug-likeness (QED) is 0.299. The Labute approximate surface area is 255 Å². The van der Waals surface area contributed by atoms with Crippen molar-refractivity contribution < 1.29 is 36.6 Å². The number of aryl methyl sites for hydroxylation is 1. The molecule has 238 valence electrons. The van der Waals surface area contributed by atoms with Crippen LogP contribution in [0, 0.1) is 5.41 Å². The van der Waals surface area contributed by atoms with Crippen LogP contribution < -0.4 is 4.90 Å². The van der Waals surface area contributed by atoms with Crippen LogP contribution in [0.15, 0.2) is 42.7 Å². The van der Waals surface area contributed by atoms with Gasteiger partial charge in [0.15, 0.2) is 0 Å². The van der Waals surface area contributed by atoms with E-state index in [4.69, 9.17) is 0 Å². The molecule has 3 aliphatic carbocycles. The molecule has 0 radical (unpaired) electrons. The minimum absolute atomic E-state index is 0.0962. The molecule has 3 saturated carbocycles. The maximum Gasteiger partial charge on any atom is 0.416 e. The van der Waals surface area contributed by atoms with Gasteiger partial charge in [0, 0.05) is 43.2 Å². The Morgan fingerprint density at radius 1 is 1.09 bits per heavy atom. The summed E-state index contributed by atoms with van der Waals surface area (Å²) >= 11 is 0. The van der Waals surface area contributed by atoms with Crippen molar-refractivity contribution in [2.45, 2.75) is 88.0 Å². The van der Waals surface area contributed by atoms with Crippen LogP contribution in [0.3, 0.4) is 0 Å². The summed E-state index contributed by atoms with van der Waals surface area (Å²) in [7, 11) is 1.77. The number of alkyl halides is 5. The Kier molecular flexibility index (Phi) is 6.26. The lowest BCUT2D eigenvalue weighted by Gasteiger charge is -2.62. The Bertz CT molecular complexity index is 1710. The fourth-order valence-electron chi connectivity index (χ4n) is 8.35. The van der Waals surface area contributed by atoms with Gasteiger partial charge in [-0.05, 0) is 85.4 Å². The second-order valence-electron chi connectivity index (χ2n) is 13.7. The second kappa shape index (κ2) is 9.49. The molecular formula is C32H32F5N5O3. The molecule has 45 heavy (non-hydrogen) atoms.